The molecule has 0 atom stereocenters. The number of hydrogen-bond donors (Lipinski definition) is 1. The van der Waals surface area contributed by atoms with Crippen LogP contribution in [0.3, 0.4) is 0 Å². The maximum absolute atomic E-state index is 12.6. The van der Waals surface area contributed by atoms with E-state index >= 15 is 0 Å². The summed E-state index contributed by atoms with van der Waals surface area (Å²) in [5, 5.41) is 2.70. The van der Waals surface area contributed by atoms with E-state index in [-0.39, 0.29) is 5.56 Å². The van der Waals surface area contributed by atoms with E-state index in [1.807, 2.05) is 36.5 Å². The number of halogens is 3. The summed E-state index contributed by atoms with van der Waals surface area (Å²) in [6.45, 7) is 5.53. The zero-order valence-electron chi connectivity index (χ0n) is 19.9. The molecule has 0 bridgehead atoms. The molecule has 0 aliphatic carbocycles. The largest absolute Gasteiger partial charge is 0.494 e. The van der Waals surface area contributed by atoms with Gasteiger partial charge in [-0.25, -0.2) is 4.98 Å². The Balaban J connectivity index is 1.12. The van der Waals surface area contributed by atoms with Crippen molar-refractivity contribution < 1.29 is 22.7 Å². The van der Waals surface area contributed by atoms with Crippen molar-refractivity contribution in [1.29, 1.82) is 0 Å². The molecule has 6 nitrogen and oxygen atoms in total. The van der Waals surface area contributed by atoms with Crippen LogP contribution in [0.4, 0.5) is 19.0 Å². The number of alkyl halides is 3. The van der Waals surface area contributed by atoms with Crippen LogP contribution in [0.25, 0.3) is 0 Å². The van der Waals surface area contributed by atoms with Crippen LogP contribution in [-0.4, -0.2) is 55.1 Å². The van der Waals surface area contributed by atoms with Gasteiger partial charge in [0.15, 0.2) is 0 Å². The highest BCUT2D eigenvalue weighted by molar-refractivity contribution is 5.94. The Kier molecular flexibility index (Phi) is 8.43. The molecule has 1 aromatic heterocycles. The highest BCUT2D eigenvalue weighted by Gasteiger charge is 2.30. The molecule has 1 aliphatic heterocycles. The van der Waals surface area contributed by atoms with Gasteiger partial charge in [-0.3, -0.25) is 9.69 Å². The second kappa shape index (κ2) is 11.9. The second-order valence-electron chi connectivity index (χ2n) is 8.63. The van der Waals surface area contributed by atoms with E-state index in [2.05, 4.69) is 32.2 Å². The molecule has 1 saturated heterocycles. The molecule has 0 saturated carbocycles. The number of pyridine rings is 1. The molecular weight excluding hydrogens is 469 g/mol. The summed E-state index contributed by atoms with van der Waals surface area (Å²) in [7, 11) is 0. The Labute approximate surface area is 208 Å². The predicted molar refractivity (Wildman–Crippen MR) is 132 cm³/mol. The molecule has 9 heteroatoms. The van der Waals surface area contributed by atoms with Crippen molar-refractivity contribution in [2.75, 3.05) is 44.2 Å². The van der Waals surface area contributed by atoms with Gasteiger partial charge in [0.1, 0.15) is 11.6 Å². The minimum absolute atomic E-state index is 0.192. The van der Waals surface area contributed by atoms with E-state index in [9.17, 15) is 18.0 Å². The summed E-state index contributed by atoms with van der Waals surface area (Å²) < 4.78 is 43.6. The molecule has 0 radical (unpaired) electrons. The number of nitrogens with zero attached hydrogens (tertiary/aromatic N) is 3. The molecule has 1 fully saturated rings. The fourth-order valence-electron chi connectivity index (χ4n) is 4.00. The molecule has 4 rings (SSSR count). The van der Waals surface area contributed by atoms with Crippen LogP contribution in [0.2, 0.25) is 0 Å². The molecule has 2 aromatic carbocycles. The molecule has 1 amide bonds. The number of carbonyl (C=O) groups excluding carboxylic acids is 1. The summed E-state index contributed by atoms with van der Waals surface area (Å²) >= 11 is 0. The Morgan fingerprint density at radius 2 is 1.67 bits per heavy atom. The molecule has 1 N–H and O–H groups in total. The van der Waals surface area contributed by atoms with Gasteiger partial charge in [0.05, 0.1) is 12.2 Å². The van der Waals surface area contributed by atoms with Crippen molar-refractivity contribution in [3.05, 3.63) is 89.6 Å². The van der Waals surface area contributed by atoms with E-state index in [0.29, 0.717) is 19.6 Å². The molecule has 0 spiro atoms. The number of carbonyl (C=O) groups is 1. The van der Waals surface area contributed by atoms with Crippen LogP contribution in [0.1, 0.15) is 27.9 Å². The lowest BCUT2D eigenvalue weighted by Gasteiger charge is -2.35. The van der Waals surface area contributed by atoms with Gasteiger partial charge in [-0.2, -0.15) is 13.2 Å². The molecule has 3 aromatic rings. The maximum Gasteiger partial charge on any atom is 0.416 e. The van der Waals surface area contributed by atoms with Crippen molar-refractivity contribution in [2.45, 2.75) is 19.1 Å². The van der Waals surface area contributed by atoms with Crippen LogP contribution in [0, 0.1) is 0 Å². The van der Waals surface area contributed by atoms with Gasteiger partial charge in [0.25, 0.3) is 5.91 Å². The number of ether oxygens (including phenoxy) is 1. The quantitative estimate of drug-likeness (QED) is 0.437. The minimum Gasteiger partial charge on any atom is -0.494 e. The van der Waals surface area contributed by atoms with E-state index in [4.69, 9.17) is 4.74 Å². The van der Waals surface area contributed by atoms with Crippen molar-refractivity contribution in [3.63, 3.8) is 0 Å². The van der Waals surface area contributed by atoms with Gasteiger partial charge in [0.2, 0.25) is 0 Å². The maximum atomic E-state index is 12.6. The number of benzene rings is 2. The smallest absolute Gasteiger partial charge is 0.416 e. The first kappa shape index (κ1) is 25.5. The topological polar surface area (TPSA) is 57.7 Å². The summed E-state index contributed by atoms with van der Waals surface area (Å²) in [4.78, 5) is 21.2. The molecular formula is C27H29F3N4O2. The predicted octanol–water partition coefficient (Wildman–Crippen LogP) is 4.62. The van der Waals surface area contributed by atoms with E-state index in [0.717, 1.165) is 56.4 Å². The highest BCUT2D eigenvalue weighted by Crippen LogP contribution is 2.29. The van der Waals surface area contributed by atoms with Crippen molar-refractivity contribution in [3.8, 4) is 5.75 Å². The van der Waals surface area contributed by atoms with Crippen LogP contribution in [-0.2, 0) is 12.7 Å². The van der Waals surface area contributed by atoms with E-state index < -0.39 is 17.6 Å². The fraction of sp³-hybridized carbons (Fsp3) is 0.333. The minimum atomic E-state index is -4.42. The van der Waals surface area contributed by atoms with Crippen molar-refractivity contribution in [1.82, 2.24) is 15.2 Å². The van der Waals surface area contributed by atoms with Gasteiger partial charge in [-0.15, -0.1) is 0 Å². The lowest BCUT2D eigenvalue weighted by Crippen LogP contribution is -2.46. The second-order valence-corrected chi connectivity index (χ2v) is 8.63. The van der Waals surface area contributed by atoms with Crippen LogP contribution < -0.4 is 15.0 Å². The third-order valence-electron chi connectivity index (χ3n) is 6.02. The number of anilines is 1. The Hall–Kier alpha value is -3.59. The normalized spacial score (nSPS) is 14.5. The molecule has 2 heterocycles. The van der Waals surface area contributed by atoms with Crippen LogP contribution in [0.5, 0.6) is 5.75 Å². The van der Waals surface area contributed by atoms with Gasteiger partial charge in [0, 0.05) is 51.0 Å². The number of nitrogens with one attached hydrogen (secondary N) is 1. The molecule has 0 unspecified atom stereocenters. The number of piperazine rings is 1. The average Bonchev–Trinajstić information content (AvgIpc) is 2.90. The summed E-state index contributed by atoms with van der Waals surface area (Å²) in [6.07, 6.45) is -2.01. The molecule has 1 aliphatic rings. The van der Waals surface area contributed by atoms with Crippen molar-refractivity contribution >= 4 is 11.7 Å². The molecule has 190 valence electrons. The third kappa shape index (κ3) is 7.21. The standard InChI is InChI=1S/C27H29F3N4O2/c28-27(29,30)23-9-7-22(8-10-23)26(35)32-14-3-19-36-24-11-5-21(6-12-24)20-33-15-17-34(18-16-33)25-4-1-2-13-31-25/h1-2,4-13H,3,14-20H2,(H,32,35). The van der Waals surface area contributed by atoms with Gasteiger partial charge >= 0.3 is 6.18 Å². The number of aromatic nitrogens is 1. The van der Waals surface area contributed by atoms with Crippen LogP contribution in [0.15, 0.2) is 72.9 Å². The van der Waals surface area contributed by atoms with E-state index in [1.165, 1.54) is 17.7 Å². The summed E-state index contributed by atoms with van der Waals surface area (Å²) in [5.74, 6) is 1.37. The highest BCUT2D eigenvalue weighted by atomic mass is 19.4. The van der Waals surface area contributed by atoms with E-state index in [1.54, 1.807) is 0 Å². The number of hydrogen-bond acceptors (Lipinski definition) is 5. The fourth-order valence-corrected chi connectivity index (χ4v) is 4.00. The monoisotopic (exact) mass is 498 g/mol. The first-order valence-electron chi connectivity index (χ1n) is 11.9. The Morgan fingerprint density at radius 3 is 2.31 bits per heavy atom. The van der Waals surface area contributed by atoms with Gasteiger partial charge in [-0.05, 0) is 60.5 Å². The SMILES string of the molecule is O=C(NCCCOc1ccc(CN2CCN(c3ccccn3)CC2)cc1)c1ccc(C(F)(F)F)cc1. The number of amides is 1. The van der Waals surface area contributed by atoms with Gasteiger partial charge in [-0.1, -0.05) is 18.2 Å². The lowest BCUT2D eigenvalue weighted by molar-refractivity contribution is -0.137. The van der Waals surface area contributed by atoms with Crippen LogP contribution >= 0.6 is 0 Å². The zero-order chi connectivity index (χ0) is 25.4. The zero-order valence-corrected chi connectivity index (χ0v) is 19.9. The van der Waals surface area contributed by atoms with Gasteiger partial charge < -0.3 is 15.0 Å². The summed E-state index contributed by atoms with van der Waals surface area (Å²) in [5.41, 5.74) is 0.636. The first-order chi connectivity index (χ1) is 17.4. The lowest BCUT2D eigenvalue weighted by atomic mass is 10.1. The molecule has 36 heavy (non-hydrogen) atoms. The average molecular weight is 499 g/mol. The van der Waals surface area contributed by atoms with Crippen molar-refractivity contribution in [2.24, 2.45) is 0 Å². The Morgan fingerprint density at radius 1 is 0.944 bits per heavy atom. The third-order valence-corrected chi connectivity index (χ3v) is 6.02. The summed E-state index contributed by atoms with van der Waals surface area (Å²) in [6, 6.07) is 18.2. The Bertz CT molecular complexity index is 1100. The first-order valence-corrected chi connectivity index (χ1v) is 11.9. The number of rotatable bonds is 9.